The molecule has 2 N–H and O–H groups in total. The van der Waals surface area contributed by atoms with Gasteiger partial charge in [0.15, 0.2) is 6.61 Å². The maximum absolute atomic E-state index is 12.2. The maximum Gasteiger partial charge on any atom is 0.339 e. The van der Waals surface area contributed by atoms with Crippen LogP contribution in [0, 0.1) is 13.8 Å². The van der Waals surface area contributed by atoms with Crippen molar-refractivity contribution in [3.8, 4) is 0 Å². The van der Waals surface area contributed by atoms with Crippen LogP contribution in [0.5, 0.6) is 0 Å². The molecule has 0 saturated carbocycles. The average Bonchev–Trinajstić information content (AvgIpc) is 2.68. The zero-order valence-electron chi connectivity index (χ0n) is 16.2. The van der Waals surface area contributed by atoms with Crippen LogP contribution in [0.3, 0.4) is 0 Å². The van der Waals surface area contributed by atoms with Crippen LogP contribution in [-0.2, 0) is 14.3 Å². The largest absolute Gasteiger partial charge is 0.452 e. The van der Waals surface area contributed by atoms with Crippen molar-refractivity contribution in [2.45, 2.75) is 25.7 Å². The van der Waals surface area contributed by atoms with Gasteiger partial charge < -0.3 is 15.4 Å². The summed E-state index contributed by atoms with van der Waals surface area (Å²) in [4.78, 5) is 37.0. The zero-order valence-corrected chi connectivity index (χ0v) is 17.0. The highest BCUT2D eigenvalue weighted by Gasteiger charge is 2.15. The Bertz CT molecular complexity index is 847. The van der Waals surface area contributed by atoms with Gasteiger partial charge in [0.05, 0.1) is 12.1 Å². The predicted octanol–water partition coefficient (Wildman–Crippen LogP) is 3.33. The number of hydrogen-bond acceptors (Lipinski definition) is 5. The molecule has 2 amide bonds. The highest BCUT2D eigenvalue weighted by atomic mass is 32.2. The Kier molecular flexibility index (Phi) is 8.07. The number of esters is 1. The number of hydrogen-bond donors (Lipinski definition) is 2. The predicted molar refractivity (Wildman–Crippen MR) is 111 cm³/mol. The Morgan fingerprint density at radius 3 is 2.32 bits per heavy atom. The van der Waals surface area contributed by atoms with Crippen molar-refractivity contribution < 1.29 is 19.1 Å². The minimum atomic E-state index is -0.563. The van der Waals surface area contributed by atoms with Crippen LogP contribution in [0.2, 0.25) is 0 Å². The van der Waals surface area contributed by atoms with Gasteiger partial charge in [0.25, 0.3) is 5.91 Å². The standard InChI is InChI=1S/C21H24N2O4S/c1-4-28-17-11-6-5-10-16(17)21(26)27-13-19(25)22-12-18(24)23-20-14(2)8-7-9-15(20)3/h5-11H,4,12-13H2,1-3H3,(H,22,25)(H,23,24). The normalized spacial score (nSPS) is 10.2. The summed E-state index contributed by atoms with van der Waals surface area (Å²) in [6, 6.07) is 12.8. The van der Waals surface area contributed by atoms with Gasteiger partial charge in [-0.3, -0.25) is 9.59 Å². The molecule has 0 aliphatic carbocycles. The fourth-order valence-electron chi connectivity index (χ4n) is 2.55. The maximum atomic E-state index is 12.2. The van der Waals surface area contributed by atoms with Gasteiger partial charge in [-0.1, -0.05) is 37.3 Å². The number of amides is 2. The van der Waals surface area contributed by atoms with Gasteiger partial charge >= 0.3 is 5.97 Å². The molecule has 0 aromatic heterocycles. The number of benzene rings is 2. The lowest BCUT2D eigenvalue weighted by molar-refractivity contribution is -0.126. The van der Waals surface area contributed by atoms with Crippen molar-refractivity contribution in [1.82, 2.24) is 5.32 Å². The fourth-order valence-corrected chi connectivity index (χ4v) is 3.34. The smallest absolute Gasteiger partial charge is 0.339 e. The van der Waals surface area contributed by atoms with Crippen molar-refractivity contribution in [3.63, 3.8) is 0 Å². The van der Waals surface area contributed by atoms with Gasteiger partial charge in [-0.05, 0) is 42.9 Å². The summed E-state index contributed by atoms with van der Waals surface area (Å²) in [7, 11) is 0. The average molecular weight is 401 g/mol. The van der Waals surface area contributed by atoms with Gasteiger partial charge in [-0.15, -0.1) is 11.8 Å². The summed E-state index contributed by atoms with van der Waals surface area (Å²) in [5.41, 5.74) is 3.04. The fraction of sp³-hybridized carbons (Fsp3) is 0.286. The molecule has 0 bridgehead atoms. The number of para-hydroxylation sites is 1. The molecule has 0 heterocycles. The van der Waals surface area contributed by atoms with Gasteiger partial charge in [-0.2, -0.15) is 0 Å². The first-order valence-electron chi connectivity index (χ1n) is 8.94. The molecule has 2 rings (SSSR count). The third-order valence-electron chi connectivity index (χ3n) is 3.93. The van der Waals surface area contributed by atoms with Crippen molar-refractivity contribution in [3.05, 3.63) is 59.2 Å². The Morgan fingerprint density at radius 1 is 0.964 bits per heavy atom. The minimum Gasteiger partial charge on any atom is -0.452 e. The van der Waals surface area contributed by atoms with Gasteiger partial charge in [0, 0.05) is 10.6 Å². The number of anilines is 1. The minimum absolute atomic E-state index is 0.202. The van der Waals surface area contributed by atoms with E-state index in [9.17, 15) is 14.4 Å². The molecule has 6 nitrogen and oxygen atoms in total. The number of carbonyl (C=O) groups is 3. The first-order chi connectivity index (χ1) is 13.4. The highest BCUT2D eigenvalue weighted by Crippen LogP contribution is 2.23. The topological polar surface area (TPSA) is 84.5 Å². The Labute approximate surface area is 169 Å². The second kappa shape index (κ2) is 10.5. The van der Waals surface area contributed by atoms with E-state index >= 15 is 0 Å². The summed E-state index contributed by atoms with van der Waals surface area (Å²) in [6.45, 7) is 5.14. The van der Waals surface area contributed by atoms with Crippen LogP contribution in [0.15, 0.2) is 47.4 Å². The SMILES string of the molecule is CCSc1ccccc1C(=O)OCC(=O)NCC(=O)Nc1c(C)cccc1C. The zero-order chi connectivity index (χ0) is 20.5. The Morgan fingerprint density at radius 2 is 1.64 bits per heavy atom. The molecule has 148 valence electrons. The number of aryl methyl sites for hydroxylation is 2. The molecule has 0 fully saturated rings. The molecule has 2 aromatic rings. The summed E-state index contributed by atoms with van der Waals surface area (Å²) >= 11 is 1.53. The monoisotopic (exact) mass is 400 g/mol. The molecule has 7 heteroatoms. The second-order valence-corrected chi connectivity index (χ2v) is 7.40. The van der Waals surface area contributed by atoms with Crippen LogP contribution < -0.4 is 10.6 Å². The van der Waals surface area contributed by atoms with E-state index in [1.165, 1.54) is 11.8 Å². The van der Waals surface area contributed by atoms with E-state index in [1.54, 1.807) is 12.1 Å². The second-order valence-electron chi connectivity index (χ2n) is 6.10. The third kappa shape index (κ3) is 6.13. The summed E-state index contributed by atoms with van der Waals surface area (Å²) < 4.78 is 5.07. The number of thioether (sulfide) groups is 1. The molecular formula is C21H24N2O4S. The molecule has 0 aliphatic rings. The van der Waals surface area contributed by atoms with Gasteiger partial charge in [-0.25, -0.2) is 4.79 Å². The van der Waals surface area contributed by atoms with E-state index in [1.807, 2.05) is 51.1 Å². The van der Waals surface area contributed by atoms with Crippen LogP contribution in [0.1, 0.15) is 28.4 Å². The molecule has 0 unspecified atom stereocenters. The van der Waals surface area contributed by atoms with Crippen LogP contribution in [-0.4, -0.2) is 36.7 Å². The van der Waals surface area contributed by atoms with Crippen molar-refractivity contribution >= 4 is 35.2 Å². The van der Waals surface area contributed by atoms with Gasteiger partial charge in [0.1, 0.15) is 0 Å². The highest BCUT2D eigenvalue weighted by molar-refractivity contribution is 7.99. The molecule has 28 heavy (non-hydrogen) atoms. The number of ether oxygens (including phenoxy) is 1. The number of rotatable bonds is 8. The van der Waals surface area contributed by atoms with E-state index in [0.29, 0.717) is 5.56 Å². The number of carbonyl (C=O) groups excluding carboxylic acids is 3. The van der Waals surface area contributed by atoms with Crippen molar-refractivity contribution in [1.29, 1.82) is 0 Å². The van der Waals surface area contributed by atoms with E-state index < -0.39 is 18.5 Å². The molecule has 0 atom stereocenters. The van der Waals surface area contributed by atoms with E-state index in [4.69, 9.17) is 4.74 Å². The molecular weight excluding hydrogens is 376 g/mol. The lowest BCUT2D eigenvalue weighted by atomic mass is 10.1. The first kappa shape index (κ1) is 21.5. The summed E-state index contributed by atoms with van der Waals surface area (Å²) in [5.74, 6) is -0.626. The summed E-state index contributed by atoms with van der Waals surface area (Å²) in [5, 5.41) is 5.24. The number of nitrogens with one attached hydrogen (secondary N) is 2. The molecule has 0 spiro atoms. The first-order valence-corrected chi connectivity index (χ1v) is 9.92. The molecule has 0 radical (unpaired) electrons. The summed E-state index contributed by atoms with van der Waals surface area (Å²) in [6.07, 6.45) is 0. The van der Waals surface area contributed by atoms with Crippen LogP contribution >= 0.6 is 11.8 Å². The van der Waals surface area contributed by atoms with Crippen LogP contribution in [0.4, 0.5) is 5.69 Å². The van der Waals surface area contributed by atoms with Crippen molar-refractivity contribution in [2.24, 2.45) is 0 Å². The van der Waals surface area contributed by atoms with Crippen molar-refractivity contribution in [2.75, 3.05) is 24.2 Å². The van der Waals surface area contributed by atoms with E-state index in [0.717, 1.165) is 27.5 Å². The Hall–Kier alpha value is -2.80. The lowest BCUT2D eigenvalue weighted by Gasteiger charge is -2.12. The van der Waals surface area contributed by atoms with E-state index in [-0.39, 0.29) is 12.5 Å². The quantitative estimate of drug-likeness (QED) is 0.524. The molecule has 0 aliphatic heterocycles. The van der Waals surface area contributed by atoms with Crippen LogP contribution in [0.25, 0.3) is 0 Å². The lowest BCUT2D eigenvalue weighted by Crippen LogP contribution is -2.35. The van der Waals surface area contributed by atoms with E-state index in [2.05, 4.69) is 10.6 Å². The molecule has 2 aromatic carbocycles. The molecule has 0 saturated heterocycles. The van der Waals surface area contributed by atoms with Gasteiger partial charge in [0.2, 0.25) is 5.91 Å². The third-order valence-corrected chi connectivity index (χ3v) is 4.89. The Balaban J connectivity index is 1.81.